The molecule has 108 valence electrons. The maximum absolute atomic E-state index is 6.46. The summed E-state index contributed by atoms with van der Waals surface area (Å²) in [6.07, 6.45) is 8.04. The van der Waals surface area contributed by atoms with Crippen molar-refractivity contribution in [3.05, 3.63) is 18.2 Å². The molecule has 0 aromatic heterocycles. The van der Waals surface area contributed by atoms with E-state index in [1.165, 1.54) is 38.5 Å². The van der Waals surface area contributed by atoms with Crippen molar-refractivity contribution in [2.24, 2.45) is 17.8 Å². The van der Waals surface area contributed by atoms with Gasteiger partial charge in [0.1, 0.15) is 17.1 Å². The smallest absolute Gasteiger partial charge is 0.142 e. The Hall–Kier alpha value is -1.38. The Labute approximate surface area is 120 Å². The van der Waals surface area contributed by atoms with E-state index in [2.05, 4.69) is 0 Å². The molecule has 0 aliphatic heterocycles. The minimum atomic E-state index is 0.0930. The Morgan fingerprint density at radius 2 is 1.65 bits per heavy atom. The summed E-state index contributed by atoms with van der Waals surface area (Å²) in [5.41, 5.74) is 6.75. The van der Waals surface area contributed by atoms with Crippen molar-refractivity contribution in [1.29, 1.82) is 0 Å². The molecule has 4 aliphatic carbocycles. The molecule has 0 radical (unpaired) electrons. The second kappa shape index (κ2) is 4.31. The maximum atomic E-state index is 6.46. The van der Waals surface area contributed by atoms with E-state index < -0.39 is 0 Å². The van der Waals surface area contributed by atoms with Crippen LogP contribution < -0.4 is 15.2 Å². The predicted molar refractivity (Wildman–Crippen MR) is 78.9 cm³/mol. The van der Waals surface area contributed by atoms with E-state index in [1.54, 1.807) is 7.11 Å². The summed E-state index contributed by atoms with van der Waals surface area (Å²) < 4.78 is 11.7. The first-order chi connectivity index (χ1) is 9.66. The zero-order chi connectivity index (χ0) is 13.7. The Bertz CT molecular complexity index is 490. The van der Waals surface area contributed by atoms with Gasteiger partial charge in [-0.1, -0.05) is 0 Å². The first-order valence-corrected chi connectivity index (χ1v) is 7.78. The zero-order valence-electron chi connectivity index (χ0n) is 12.1. The first-order valence-electron chi connectivity index (χ1n) is 7.78. The summed E-state index contributed by atoms with van der Waals surface area (Å²) in [5, 5.41) is 0. The molecule has 4 fully saturated rings. The SMILES string of the molecule is COc1ccc(OC23CC4CC(CC(C4)C2)C3)cc1N. The molecule has 0 heterocycles. The Balaban J connectivity index is 1.58. The van der Waals surface area contributed by atoms with Gasteiger partial charge in [-0.25, -0.2) is 0 Å². The van der Waals surface area contributed by atoms with Crippen molar-refractivity contribution < 1.29 is 9.47 Å². The molecule has 2 N–H and O–H groups in total. The summed E-state index contributed by atoms with van der Waals surface area (Å²) in [6, 6.07) is 5.82. The highest BCUT2D eigenvalue weighted by Gasteiger charge is 2.52. The quantitative estimate of drug-likeness (QED) is 0.855. The van der Waals surface area contributed by atoms with E-state index >= 15 is 0 Å². The molecule has 3 heteroatoms. The van der Waals surface area contributed by atoms with Crippen LogP contribution in [-0.2, 0) is 0 Å². The van der Waals surface area contributed by atoms with Gasteiger partial charge in [-0.2, -0.15) is 0 Å². The number of nitrogens with two attached hydrogens (primary N) is 1. The van der Waals surface area contributed by atoms with Crippen LogP contribution >= 0.6 is 0 Å². The number of benzene rings is 1. The van der Waals surface area contributed by atoms with E-state index in [0.717, 1.165) is 29.3 Å². The highest BCUT2D eigenvalue weighted by atomic mass is 16.5. The molecular formula is C17H23NO2. The Kier molecular flexibility index (Phi) is 2.66. The van der Waals surface area contributed by atoms with Crippen LogP contribution in [0.5, 0.6) is 11.5 Å². The monoisotopic (exact) mass is 273 g/mol. The van der Waals surface area contributed by atoms with Crippen molar-refractivity contribution in [3.63, 3.8) is 0 Å². The van der Waals surface area contributed by atoms with E-state index in [-0.39, 0.29) is 5.60 Å². The van der Waals surface area contributed by atoms with Crippen molar-refractivity contribution in [2.75, 3.05) is 12.8 Å². The summed E-state index contributed by atoms with van der Waals surface area (Å²) in [5.74, 6) is 4.33. The lowest BCUT2D eigenvalue weighted by atomic mass is 9.54. The van der Waals surface area contributed by atoms with Gasteiger partial charge in [0.05, 0.1) is 12.8 Å². The molecule has 4 aliphatic rings. The number of ether oxygens (including phenoxy) is 2. The zero-order valence-corrected chi connectivity index (χ0v) is 12.1. The molecule has 4 bridgehead atoms. The van der Waals surface area contributed by atoms with Crippen LogP contribution in [0.2, 0.25) is 0 Å². The van der Waals surface area contributed by atoms with Crippen LogP contribution in [0.15, 0.2) is 18.2 Å². The molecule has 0 spiro atoms. The minimum Gasteiger partial charge on any atom is -0.495 e. The number of methoxy groups -OCH3 is 1. The van der Waals surface area contributed by atoms with Crippen LogP contribution in [0.3, 0.4) is 0 Å². The predicted octanol–water partition coefficient (Wildman–Crippen LogP) is 3.63. The number of rotatable bonds is 3. The molecule has 1 aromatic rings. The fourth-order valence-electron chi connectivity index (χ4n) is 5.18. The maximum Gasteiger partial charge on any atom is 0.142 e. The summed E-state index contributed by atoms with van der Waals surface area (Å²) in [7, 11) is 1.64. The number of anilines is 1. The standard InChI is InChI=1S/C17H23NO2/c1-19-16-3-2-14(7-15(16)18)20-17-8-11-4-12(9-17)6-13(5-11)10-17/h2-3,7,11-13H,4-6,8-10,18H2,1H3. The minimum absolute atomic E-state index is 0.0930. The number of hydrogen-bond acceptors (Lipinski definition) is 3. The van der Waals surface area contributed by atoms with Gasteiger partial charge in [-0.05, 0) is 68.4 Å². The van der Waals surface area contributed by atoms with Gasteiger partial charge in [-0.3, -0.25) is 0 Å². The van der Waals surface area contributed by atoms with Gasteiger partial charge in [0.15, 0.2) is 0 Å². The second-order valence-electron chi connectivity index (χ2n) is 7.11. The Morgan fingerprint density at radius 3 is 2.15 bits per heavy atom. The van der Waals surface area contributed by atoms with Crippen molar-refractivity contribution in [1.82, 2.24) is 0 Å². The lowest BCUT2D eigenvalue weighted by Gasteiger charge is -2.56. The molecule has 4 saturated carbocycles. The number of nitrogen functional groups attached to an aromatic ring is 1. The molecule has 0 unspecified atom stereocenters. The van der Waals surface area contributed by atoms with Crippen LogP contribution in [0.4, 0.5) is 5.69 Å². The van der Waals surface area contributed by atoms with Crippen molar-refractivity contribution >= 4 is 5.69 Å². The third kappa shape index (κ3) is 1.95. The summed E-state index contributed by atoms with van der Waals surface area (Å²) in [6.45, 7) is 0. The highest BCUT2D eigenvalue weighted by Crippen LogP contribution is 2.57. The molecule has 0 atom stereocenters. The van der Waals surface area contributed by atoms with Crippen LogP contribution in [-0.4, -0.2) is 12.7 Å². The van der Waals surface area contributed by atoms with Gasteiger partial charge in [0.25, 0.3) is 0 Å². The largest absolute Gasteiger partial charge is 0.495 e. The molecule has 20 heavy (non-hydrogen) atoms. The first kappa shape index (κ1) is 12.4. The van der Waals surface area contributed by atoms with Crippen LogP contribution in [0, 0.1) is 17.8 Å². The molecule has 0 saturated heterocycles. The molecule has 3 nitrogen and oxygen atoms in total. The van der Waals surface area contributed by atoms with Gasteiger partial charge in [-0.15, -0.1) is 0 Å². The van der Waals surface area contributed by atoms with E-state index in [1.807, 2.05) is 18.2 Å². The third-order valence-corrected chi connectivity index (χ3v) is 5.52. The molecule has 0 amide bonds. The lowest BCUT2D eigenvalue weighted by molar-refractivity contribution is -0.107. The topological polar surface area (TPSA) is 44.5 Å². The van der Waals surface area contributed by atoms with Gasteiger partial charge >= 0.3 is 0 Å². The number of hydrogen-bond donors (Lipinski definition) is 1. The molecule has 5 rings (SSSR count). The third-order valence-electron chi connectivity index (χ3n) is 5.52. The molecule has 1 aromatic carbocycles. The lowest BCUT2D eigenvalue weighted by Crippen LogP contribution is -2.53. The van der Waals surface area contributed by atoms with Crippen LogP contribution in [0.25, 0.3) is 0 Å². The fourth-order valence-corrected chi connectivity index (χ4v) is 5.18. The van der Waals surface area contributed by atoms with Crippen molar-refractivity contribution in [3.8, 4) is 11.5 Å². The highest BCUT2D eigenvalue weighted by molar-refractivity contribution is 5.56. The van der Waals surface area contributed by atoms with Gasteiger partial charge < -0.3 is 15.2 Å². The van der Waals surface area contributed by atoms with Gasteiger partial charge in [0, 0.05) is 6.07 Å². The fraction of sp³-hybridized carbons (Fsp3) is 0.647. The van der Waals surface area contributed by atoms with Crippen LogP contribution in [0.1, 0.15) is 38.5 Å². The molecular weight excluding hydrogens is 250 g/mol. The van der Waals surface area contributed by atoms with E-state index in [0.29, 0.717) is 5.69 Å². The van der Waals surface area contributed by atoms with Crippen molar-refractivity contribution in [2.45, 2.75) is 44.1 Å². The van der Waals surface area contributed by atoms with E-state index in [4.69, 9.17) is 15.2 Å². The Morgan fingerprint density at radius 1 is 1.05 bits per heavy atom. The summed E-state index contributed by atoms with van der Waals surface area (Å²) >= 11 is 0. The average molecular weight is 273 g/mol. The van der Waals surface area contributed by atoms with Gasteiger partial charge in [0.2, 0.25) is 0 Å². The van der Waals surface area contributed by atoms with E-state index in [9.17, 15) is 0 Å². The summed E-state index contributed by atoms with van der Waals surface area (Å²) in [4.78, 5) is 0. The second-order valence-corrected chi connectivity index (χ2v) is 7.11. The normalized spacial score (nSPS) is 38.0. The average Bonchev–Trinajstić information content (AvgIpc) is 2.36.